The predicted molar refractivity (Wildman–Crippen MR) is 161 cm³/mol. The number of aliphatic hydroxyl groups is 1. The van der Waals surface area contributed by atoms with Crippen molar-refractivity contribution >= 4 is 17.5 Å². The zero-order valence-corrected chi connectivity index (χ0v) is 24.1. The summed E-state index contributed by atoms with van der Waals surface area (Å²) >= 11 is 0. The Labute approximate surface area is 242 Å². The van der Waals surface area contributed by atoms with Crippen LogP contribution in [0.3, 0.4) is 0 Å². The number of nitrogens with one attached hydrogen (secondary N) is 2. The van der Waals surface area contributed by atoms with Crippen LogP contribution < -0.4 is 15.5 Å². The lowest BCUT2D eigenvalue weighted by atomic mass is 9.82. The minimum atomic E-state index is -1.12. The fraction of sp³-hybridized carbons (Fsp3) is 0.469. The van der Waals surface area contributed by atoms with Crippen molar-refractivity contribution in [2.75, 3.05) is 42.9 Å². The third-order valence-corrected chi connectivity index (χ3v) is 8.35. The van der Waals surface area contributed by atoms with Gasteiger partial charge < -0.3 is 25.7 Å². The van der Waals surface area contributed by atoms with E-state index in [4.69, 9.17) is 0 Å². The van der Waals surface area contributed by atoms with E-state index in [1.165, 1.54) is 6.33 Å². The van der Waals surface area contributed by atoms with Crippen LogP contribution in [0.4, 0.5) is 11.6 Å². The molecule has 0 bridgehead atoms. The maximum Gasteiger partial charge on any atom is 0.255 e. The third kappa shape index (κ3) is 7.74. The lowest BCUT2D eigenvalue weighted by Gasteiger charge is -2.40. The van der Waals surface area contributed by atoms with E-state index in [0.29, 0.717) is 30.7 Å². The number of phenolic OH excluding ortho intramolecular Hbond substituents is 1. The van der Waals surface area contributed by atoms with Crippen molar-refractivity contribution in [2.24, 2.45) is 5.41 Å². The maximum atomic E-state index is 13.0. The second-order valence-corrected chi connectivity index (χ2v) is 12.3. The summed E-state index contributed by atoms with van der Waals surface area (Å²) in [5, 5.41) is 28.2. The van der Waals surface area contributed by atoms with Crippen LogP contribution in [0.25, 0.3) is 0 Å². The molecule has 41 heavy (non-hydrogen) atoms. The number of hydrogen-bond acceptors (Lipinski definition) is 8. The van der Waals surface area contributed by atoms with Gasteiger partial charge in [0.1, 0.15) is 23.7 Å². The zero-order valence-electron chi connectivity index (χ0n) is 24.1. The molecule has 9 heteroatoms. The molecule has 0 aliphatic carbocycles. The summed E-state index contributed by atoms with van der Waals surface area (Å²) in [6.45, 7) is 9.26. The van der Waals surface area contributed by atoms with Crippen molar-refractivity contribution in [2.45, 2.75) is 58.2 Å². The van der Waals surface area contributed by atoms with Gasteiger partial charge in [0.05, 0.1) is 11.2 Å². The van der Waals surface area contributed by atoms with E-state index in [1.807, 2.05) is 35.2 Å². The summed E-state index contributed by atoms with van der Waals surface area (Å²) in [6, 6.07) is 17.3. The first-order valence-corrected chi connectivity index (χ1v) is 14.6. The van der Waals surface area contributed by atoms with Gasteiger partial charge in [-0.1, -0.05) is 50.2 Å². The van der Waals surface area contributed by atoms with Crippen molar-refractivity contribution in [3.8, 4) is 5.75 Å². The molecule has 2 fully saturated rings. The van der Waals surface area contributed by atoms with Gasteiger partial charge in [-0.05, 0) is 67.4 Å². The Hall–Kier alpha value is -3.69. The summed E-state index contributed by atoms with van der Waals surface area (Å²) in [7, 11) is 0. The van der Waals surface area contributed by atoms with Gasteiger partial charge in [0.2, 0.25) is 0 Å². The van der Waals surface area contributed by atoms with Gasteiger partial charge in [0, 0.05) is 38.8 Å². The molecule has 3 heterocycles. The van der Waals surface area contributed by atoms with Crippen molar-refractivity contribution in [1.29, 1.82) is 0 Å². The second kappa shape index (κ2) is 12.4. The van der Waals surface area contributed by atoms with Crippen LogP contribution in [0, 0.1) is 5.41 Å². The number of benzene rings is 2. The zero-order chi connectivity index (χ0) is 28.9. The van der Waals surface area contributed by atoms with Crippen LogP contribution in [0.15, 0.2) is 60.9 Å². The molecule has 2 aliphatic heterocycles. The third-order valence-electron chi connectivity index (χ3n) is 8.35. The molecule has 5 rings (SSSR count). The highest BCUT2D eigenvalue weighted by atomic mass is 16.3. The monoisotopic (exact) mass is 558 g/mol. The molecule has 0 saturated carbocycles. The first-order chi connectivity index (χ1) is 19.7. The number of carbonyl (C=O) groups excluding carboxylic acids is 1. The summed E-state index contributed by atoms with van der Waals surface area (Å²) in [5.41, 5.74) is 1.63. The number of hydrogen-bond donors (Lipinski definition) is 4. The molecule has 0 radical (unpaired) electrons. The molecule has 4 N–H and O–H groups in total. The smallest absolute Gasteiger partial charge is 0.255 e. The largest absolute Gasteiger partial charge is 0.507 e. The van der Waals surface area contributed by atoms with Gasteiger partial charge in [-0.3, -0.25) is 9.69 Å². The van der Waals surface area contributed by atoms with E-state index in [9.17, 15) is 15.0 Å². The fourth-order valence-corrected chi connectivity index (χ4v) is 5.64. The summed E-state index contributed by atoms with van der Waals surface area (Å²) in [4.78, 5) is 26.2. The number of carbonyl (C=O) groups is 1. The highest BCUT2D eigenvalue weighted by Gasteiger charge is 2.34. The molecule has 2 aliphatic rings. The van der Waals surface area contributed by atoms with Crippen LogP contribution >= 0.6 is 0 Å². The standard InChI is InChI=1S/C32H42N6O3/c1-31(2)12-15-37(16-13-31)20-25-9-10-26(27(39)17-25)30(40)34-21-32(41)11-6-14-38(22-32)29-18-28(35-23-36-29)33-19-24-7-4-3-5-8-24/h3-5,7-10,17-18,23,39,41H,6,11-16,19-22H2,1-2H3,(H,34,40)(H,33,35,36)/t32-/m1/s1. The Morgan fingerprint density at radius 2 is 1.76 bits per heavy atom. The average molecular weight is 559 g/mol. The van der Waals surface area contributed by atoms with Crippen molar-refractivity contribution < 1.29 is 15.0 Å². The molecular weight excluding hydrogens is 516 g/mol. The van der Waals surface area contributed by atoms with Crippen LogP contribution in [0.5, 0.6) is 5.75 Å². The number of likely N-dealkylation sites (tertiary alicyclic amines) is 1. The molecule has 9 nitrogen and oxygen atoms in total. The van der Waals surface area contributed by atoms with Crippen molar-refractivity contribution in [3.05, 3.63) is 77.6 Å². The molecule has 2 aromatic carbocycles. The van der Waals surface area contributed by atoms with Crippen LogP contribution in [0.1, 0.15) is 61.0 Å². The highest BCUT2D eigenvalue weighted by Crippen LogP contribution is 2.31. The molecular formula is C32H42N6O3. The Morgan fingerprint density at radius 1 is 0.976 bits per heavy atom. The molecule has 218 valence electrons. The molecule has 0 spiro atoms. The minimum absolute atomic E-state index is 0.0360. The van der Waals surface area contributed by atoms with E-state index in [0.717, 1.165) is 62.4 Å². The fourth-order valence-electron chi connectivity index (χ4n) is 5.64. The minimum Gasteiger partial charge on any atom is -0.507 e. The number of piperidine rings is 2. The number of phenols is 1. The predicted octanol–water partition coefficient (Wildman–Crippen LogP) is 4.18. The van der Waals surface area contributed by atoms with Gasteiger partial charge in [-0.2, -0.15) is 0 Å². The molecule has 3 aromatic rings. The molecule has 1 atom stereocenters. The topological polar surface area (TPSA) is 114 Å². The van der Waals surface area contributed by atoms with E-state index >= 15 is 0 Å². The summed E-state index contributed by atoms with van der Waals surface area (Å²) in [5.74, 6) is 1.01. The first kappa shape index (κ1) is 28.8. The molecule has 2 saturated heterocycles. The number of aromatic hydroxyl groups is 1. The quantitative estimate of drug-likeness (QED) is 0.309. The number of aromatic nitrogens is 2. The highest BCUT2D eigenvalue weighted by molar-refractivity contribution is 5.96. The average Bonchev–Trinajstić information content (AvgIpc) is 2.97. The van der Waals surface area contributed by atoms with Gasteiger partial charge in [0.15, 0.2) is 0 Å². The second-order valence-electron chi connectivity index (χ2n) is 12.3. The molecule has 0 unspecified atom stereocenters. The summed E-state index contributed by atoms with van der Waals surface area (Å²) < 4.78 is 0. The number of nitrogens with zero attached hydrogens (tertiary/aromatic N) is 4. The normalized spacial score (nSPS) is 20.9. The Bertz CT molecular complexity index is 1320. The number of anilines is 2. The van der Waals surface area contributed by atoms with Crippen molar-refractivity contribution in [3.63, 3.8) is 0 Å². The van der Waals surface area contributed by atoms with Crippen LogP contribution in [-0.4, -0.2) is 69.3 Å². The Kier molecular flexibility index (Phi) is 8.75. The SMILES string of the molecule is CC1(C)CCN(Cc2ccc(C(=O)NC[C@]3(O)CCCN(c4cc(NCc5ccccc5)ncn4)C3)c(O)c2)CC1. The van der Waals surface area contributed by atoms with E-state index in [-0.39, 0.29) is 17.9 Å². The number of amides is 1. The number of β-amino-alcohol motifs (C(OH)–C–C–N with tert-alkyl or cyclic N) is 1. The summed E-state index contributed by atoms with van der Waals surface area (Å²) in [6.07, 6.45) is 5.16. The van der Waals surface area contributed by atoms with E-state index < -0.39 is 11.5 Å². The van der Waals surface area contributed by atoms with Crippen molar-refractivity contribution in [1.82, 2.24) is 20.2 Å². The van der Waals surface area contributed by atoms with E-state index in [2.05, 4.69) is 51.5 Å². The number of rotatable bonds is 9. The van der Waals surface area contributed by atoms with Crippen LogP contribution in [0.2, 0.25) is 0 Å². The van der Waals surface area contributed by atoms with E-state index in [1.54, 1.807) is 12.1 Å². The van der Waals surface area contributed by atoms with Crippen LogP contribution in [-0.2, 0) is 13.1 Å². The van der Waals surface area contributed by atoms with Gasteiger partial charge >= 0.3 is 0 Å². The van der Waals surface area contributed by atoms with Gasteiger partial charge in [-0.25, -0.2) is 9.97 Å². The maximum absolute atomic E-state index is 13.0. The Morgan fingerprint density at radius 3 is 2.51 bits per heavy atom. The Balaban J connectivity index is 1.15. The molecule has 1 aromatic heterocycles. The van der Waals surface area contributed by atoms with Gasteiger partial charge in [-0.15, -0.1) is 0 Å². The lowest BCUT2D eigenvalue weighted by molar-refractivity contribution is 0.0254. The lowest BCUT2D eigenvalue weighted by Crippen LogP contribution is -2.54. The van der Waals surface area contributed by atoms with Gasteiger partial charge in [0.25, 0.3) is 5.91 Å². The first-order valence-electron chi connectivity index (χ1n) is 14.6. The molecule has 1 amide bonds.